The lowest BCUT2D eigenvalue weighted by Crippen LogP contribution is -2.40. The smallest absolute Gasteiger partial charge is 0.290 e. The van der Waals surface area contributed by atoms with Gasteiger partial charge in [-0.2, -0.15) is 0 Å². The quantitative estimate of drug-likeness (QED) is 0.624. The van der Waals surface area contributed by atoms with Crippen LogP contribution in [0.4, 0.5) is 0 Å². The number of amides is 1. The third-order valence-electron chi connectivity index (χ3n) is 4.21. The minimum Gasteiger partial charge on any atom is -0.483 e. The fraction of sp³-hybridized carbons (Fsp3) is 0.750. The highest BCUT2D eigenvalue weighted by molar-refractivity contribution is 5.77. The number of likely N-dealkylation sites (N-methyl/N-ethyl adjacent to an activating group) is 2. The van der Waals surface area contributed by atoms with Gasteiger partial charge < -0.3 is 24.2 Å². The van der Waals surface area contributed by atoms with Crippen LogP contribution in [0.25, 0.3) is 0 Å². The van der Waals surface area contributed by atoms with Crippen LogP contribution in [0.2, 0.25) is 0 Å². The number of carbonyl (C=O) groups is 2. The summed E-state index contributed by atoms with van der Waals surface area (Å²) < 4.78 is 7.00. The largest absolute Gasteiger partial charge is 0.483 e. The van der Waals surface area contributed by atoms with Crippen LogP contribution in [-0.4, -0.2) is 107 Å². The van der Waals surface area contributed by atoms with Gasteiger partial charge in [-0.3, -0.25) is 14.5 Å². The van der Waals surface area contributed by atoms with Gasteiger partial charge in [-0.25, -0.2) is 0 Å². The van der Waals surface area contributed by atoms with Crippen molar-refractivity contribution in [3.63, 3.8) is 0 Å². The number of rotatable bonds is 7. The van der Waals surface area contributed by atoms with E-state index in [0.29, 0.717) is 26.2 Å². The third-order valence-corrected chi connectivity index (χ3v) is 4.21. The van der Waals surface area contributed by atoms with E-state index in [1.807, 2.05) is 11.6 Å². The molecule has 1 N–H and O–H groups in total. The Balaban J connectivity index is 0.00000105. The van der Waals surface area contributed by atoms with Crippen molar-refractivity contribution in [2.75, 3.05) is 60.5 Å². The summed E-state index contributed by atoms with van der Waals surface area (Å²) in [6.45, 7) is 6.02. The van der Waals surface area contributed by atoms with E-state index in [4.69, 9.17) is 14.6 Å². The molecule has 10 heteroatoms. The molecule has 2 rings (SSSR count). The second-order valence-electron chi connectivity index (χ2n) is 6.22. The van der Waals surface area contributed by atoms with Crippen molar-refractivity contribution >= 4 is 12.4 Å². The predicted molar refractivity (Wildman–Crippen MR) is 95.6 cm³/mol. The summed E-state index contributed by atoms with van der Waals surface area (Å²) in [7, 11) is 5.62. The Hall–Kier alpha value is -2.04. The molecule has 1 amide bonds. The van der Waals surface area contributed by atoms with E-state index in [1.54, 1.807) is 18.3 Å². The first-order valence-electron chi connectivity index (χ1n) is 8.60. The van der Waals surface area contributed by atoms with Crippen LogP contribution >= 0.6 is 0 Å². The molecule has 0 spiro atoms. The van der Waals surface area contributed by atoms with E-state index in [2.05, 4.69) is 27.0 Å². The molecule has 10 nitrogen and oxygen atoms in total. The van der Waals surface area contributed by atoms with Crippen LogP contribution in [0, 0.1) is 0 Å². The lowest BCUT2D eigenvalue weighted by Gasteiger charge is -2.23. The number of hydrogen-bond acceptors (Lipinski definition) is 7. The second kappa shape index (κ2) is 12.3. The van der Waals surface area contributed by atoms with E-state index in [1.165, 1.54) is 0 Å². The molecular formula is C16H30N6O4. The van der Waals surface area contributed by atoms with E-state index in [-0.39, 0.29) is 12.4 Å². The molecule has 0 saturated carbocycles. The fourth-order valence-electron chi connectivity index (χ4n) is 2.65. The number of aromatic nitrogens is 3. The Labute approximate surface area is 154 Å². The maximum absolute atomic E-state index is 12.4. The number of nitrogens with zero attached hydrogens (tertiary/aromatic N) is 6. The van der Waals surface area contributed by atoms with Crippen molar-refractivity contribution in [2.45, 2.75) is 19.5 Å². The first kappa shape index (κ1) is 22.0. The summed E-state index contributed by atoms with van der Waals surface area (Å²) in [6, 6.07) is 0. The summed E-state index contributed by atoms with van der Waals surface area (Å²) in [5.74, 6) is 0.907. The first-order chi connectivity index (χ1) is 12.5. The van der Waals surface area contributed by atoms with Gasteiger partial charge in [0.15, 0.2) is 5.82 Å². The molecule has 0 atom stereocenters. The van der Waals surface area contributed by atoms with Gasteiger partial charge >= 0.3 is 0 Å². The standard InChI is InChI=1S/C15H28N6O2.CH2O2/c1-18-5-4-6-20(8-7-18)12-15(22)19(2)11-14-17-16-13-21(14)9-10-23-3;2-1-3/h13H,4-12H2,1-3H3;1H,(H,2,3). The van der Waals surface area contributed by atoms with Crippen molar-refractivity contribution in [1.29, 1.82) is 0 Å². The van der Waals surface area contributed by atoms with Gasteiger partial charge in [0.25, 0.3) is 6.47 Å². The average molecular weight is 370 g/mol. The van der Waals surface area contributed by atoms with Crippen molar-refractivity contribution in [1.82, 2.24) is 29.5 Å². The number of hydrogen-bond donors (Lipinski definition) is 1. The van der Waals surface area contributed by atoms with E-state index >= 15 is 0 Å². The summed E-state index contributed by atoms with van der Waals surface area (Å²) in [5, 5.41) is 14.9. The van der Waals surface area contributed by atoms with Crippen molar-refractivity contribution < 1.29 is 19.4 Å². The number of ether oxygens (including phenoxy) is 1. The second-order valence-corrected chi connectivity index (χ2v) is 6.22. The zero-order valence-electron chi connectivity index (χ0n) is 15.9. The van der Waals surface area contributed by atoms with E-state index in [0.717, 1.165) is 38.4 Å². The molecule has 26 heavy (non-hydrogen) atoms. The molecule has 0 unspecified atom stereocenters. The Morgan fingerprint density at radius 3 is 2.81 bits per heavy atom. The molecule has 1 aliphatic rings. The highest BCUT2D eigenvalue weighted by Crippen LogP contribution is 2.04. The zero-order valence-corrected chi connectivity index (χ0v) is 15.9. The van der Waals surface area contributed by atoms with Gasteiger partial charge in [-0.05, 0) is 26.6 Å². The van der Waals surface area contributed by atoms with Crippen LogP contribution in [0.1, 0.15) is 12.2 Å². The fourth-order valence-corrected chi connectivity index (χ4v) is 2.65. The lowest BCUT2D eigenvalue weighted by atomic mass is 10.3. The number of carboxylic acid groups (broad SMARTS) is 1. The molecule has 0 aliphatic carbocycles. The molecule has 148 valence electrons. The molecule has 2 heterocycles. The van der Waals surface area contributed by atoms with Crippen LogP contribution in [-0.2, 0) is 27.4 Å². The maximum Gasteiger partial charge on any atom is 0.290 e. The van der Waals surface area contributed by atoms with Gasteiger partial charge in [0.2, 0.25) is 5.91 Å². The van der Waals surface area contributed by atoms with Gasteiger partial charge in [0.1, 0.15) is 6.33 Å². The Bertz CT molecular complexity index is 539. The first-order valence-corrected chi connectivity index (χ1v) is 8.60. The predicted octanol–water partition coefficient (Wildman–Crippen LogP) is -0.779. The molecule has 1 aromatic rings. The van der Waals surface area contributed by atoms with Crippen LogP contribution in [0.5, 0.6) is 0 Å². The van der Waals surface area contributed by atoms with Crippen molar-refractivity contribution in [3.05, 3.63) is 12.2 Å². The Morgan fingerprint density at radius 1 is 1.38 bits per heavy atom. The molecule has 0 bridgehead atoms. The van der Waals surface area contributed by atoms with Gasteiger partial charge in [0.05, 0.1) is 19.7 Å². The van der Waals surface area contributed by atoms with Crippen LogP contribution in [0.15, 0.2) is 6.33 Å². The molecule has 1 saturated heterocycles. The summed E-state index contributed by atoms with van der Waals surface area (Å²) in [4.78, 5) is 27.1. The molecule has 0 aromatic carbocycles. The van der Waals surface area contributed by atoms with Gasteiger partial charge in [-0.1, -0.05) is 0 Å². The normalized spacial score (nSPS) is 15.7. The molecule has 1 aromatic heterocycles. The summed E-state index contributed by atoms with van der Waals surface area (Å²) >= 11 is 0. The van der Waals surface area contributed by atoms with Crippen LogP contribution < -0.4 is 0 Å². The van der Waals surface area contributed by atoms with E-state index in [9.17, 15) is 4.79 Å². The zero-order chi connectivity index (χ0) is 19.4. The maximum atomic E-state index is 12.4. The molecule has 1 aliphatic heterocycles. The van der Waals surface area contributed by atoms with Gasteiger partial charge in [-0.15, -0.1) is 10.2 Å². The van der Waals surface area contributed by atoms with Crippen molar-refractivity contribution in [2.24, 2.45) is 0 Å². The molecule has 0 radical (unpaired) electrons. The average Bonchev–Trinajstić information content (AvgIpc) is 2.94. The minimum absolute atomic E-state index is 0.121. The topological polar surface area (TPSA) is 104 Å². The third kappa shape index (κ3) is 7.89. The van der Waals surface area contributed by atoms with Crippen LogP contribution in [0.3, 0.4) is 0 Å². The summed E-state index contributed by atoms with van der Waals surface area (Å²) in [5.41, 5.74) is 0. The monoisotopic (exact) mass is 370 g/mol. The molecular weight excluding hydrogens is 340 g/mol. The highest BCUT2D eigenvalue weighted by Gasteiger charge is 2.18. The Kier molecular flexibility index (Phi) is 10.4. The lowest BCUT2D eigenvalue weighted by molar-refractivity contribution is -0.131. The van der Waals surface area contributed by atoms with E-state index < -0.39 is 0 Å². The van der Waals surface area contributed by atoms with Crippen molar-refractivity contribution in [3.8, 4) is 0 Å². The molecule has 1 fully saturated rings. The highest BCUT2D eigenvalue weighted by atomic mass is 16.5. The Morgan fingerprint density at radius 2 is 2.12 bits per heavy atom. The number of methoxy groups -OCH3 is 1. The van der Waals surface area contributed by atoms with Gasteiger partial charge in [0, 0.05) is 33.8 Å². The summed E-state index contributed by atoms with van der Waals surface area (Å²) in [6.07, 6.45) is 2.79. The minimum atomic E-state index is -0.250. The number of carbonyl (C=O) groups excluding carboxylic acids is 1. The SMILES string of the molecule is COCCn1cnnc1CN(C)C(=O)CN1CCCN(C)CC1.O=CO.